The van der Waals surface area contributed by atoms with Crippen LogP contribution < -0.4 is 4.90 Å². The number of aliphatic hydroxyl groups excluding tert-OH is 1. The summed E-state index contributed by atoms with van der Waals surface area (Å²) < 4.78 is 0. The molecule has 2 nitrogen and oxygen atoms in total. The summed E-state index contributed by atoms with van der Waals surface area (Å²) in [4.78, 5) is 2.16. The van der Waals surface area contributed by atoms with Gasteiger partial charge in [0.2, 0.25) is 0 Å². The Balaban J connectivity index is 2.88. The van der Waals surface area contributed by atoms with Crippen LogP contribution in [0.5, 0.6) is 0 Å². The van der Waals surface area contributed by atoms with Gasteiger partial charge in [-0.1, -0.05) is 37.9 Å². The van der Waals surface area contributed by atoms with Gasteiger partial charge in [-0.2, -0.15) is 0 Å². The Hall–Kier alpha value is -0.730. The van der Waals surface area contributed by atoms with Crippen LogP contribution in [-0.2, 0) is 6.61 Å². The molecule has 0 radical (unpaired) electrons. The van der Waals surface area contributed by atoms with E-state index in [1.165, 1.54) is 0 Å². The van der Waals surface area contributed by atoms with E-state index in [0.717, 1.165) is 24.2 Å². The molecular formula is C13H20ClNO. The zero-order chi connectivity index (χ0) is 12.1. The number of rotatable bonds is 5. The van der Waals surface area contributed by atoms with Crippen molar-refractivity contribution in [2.75, 3.05) is 18.5 Å². The quantitative estimate of drug-likeness (QED) is 0.855. The summed E-state index contributed by atoms with van der Waals surface area (Å²) in [6.45, 7) is 5.43. The second kappa shape index (κ2) is 6.12. The van der Waals surface area contributed by atoms with Crippen molar-refractivity contribution in [1.29, 1.82) is 0 Å². The van der Waals surface area contributed by atoms with Crippen LogP contribution >= 0.6 is 11.6 Å². The van der Waals surface area contributed by atoms with Gasteiger partial charge >= 0.3 is 0 Å². The van der Waals surface area contributed by atoms with Crippen molar-refractivity contribution >= 4 is 17.3 Å². The molecule has 0 heterocycles. The molecule has 1 atom stereocenters. The Morgan fingerprint density at radius 1 is 1.44 bits per heavy atom. The third-order valence-electron chi connectivity index (χ3n) is 2.91. The highest BCUT2D eigenvalue weighted by molar-refractivity contribution is 6.30. The highest BCUT2D eigenvalue weighted by atomic mass is 35.5. The molecular weight excluding hydrogens is 222 g/mol. The summed E-state index contributed by atoms with van der Waals surface area (Å²) in [5, 5.41) is 9.99. The molecule has 0 aliphatic heterocycles. The smallest absolute Gasteiger partial charge is 0.0702 e. The second-order valence-corrected chi connectivity index (χ2v) is 4.76. The van der Waals surface area contributed by atoms with Gasteiger partial charge in [-0.25, -0.2) is 0 Å². The van der Waals surface area contributed by atoms with Crippen molar-refractivity contribution < 1.29 is 5.11 Å². The maximum atomic E-state index is 9.28. The predicted octanol–water partition coefficient (Wildman–Crippen LogP) is 3.31. The third-order valence-corrected chi connectivity index (χ3v) is 3.15. The minimum Gasteiger partial charge on any atom is -0.392 e. The molecule has 0 saturated carbocycles. The lowest BCUT2D eigenvalue weighted by atomic mass is 10.1. The highest BCUT2D eigenvalue weighted by Crippen LogP contribution is 2.25. The molecule has 0 saturated heterocycles. The minimum atomic E-state index is 0.0529. The number of hydrogen-bond acceptors (Lipinski definition) is 2. The first-order valence-electron chi connectivity index (χ1n) is 5.68. The van der Waals surface area contributed by atoms with Crippen LogP contribution in [0.15, 0.2) is 18.2 Å². The molecule has 1 rings (SSSR count). The zero-order valence-electron chi connectivity index (χ0n) is 10.2. The fourth-order valence-corrected chi connectivity index (χ4v) is 1.89. The van der Waals surface area contributed by atoms with Crippen LogP contribution in [0, 0.1) is 5.92 Å². The largest absolute Gasteiger partial charge is 0.392 e. The molecule has 16 heavy (non-hydrogen) atoms. The van der Waals surface area contributed by atoms with Crippen LogP contribution in [0.3, 0.4) is 0 Å². The molecule has 0 aliphatic rings. The summed E-state index contributed by atoms with van der Waals surface area (Å²) in [5.41, 5.74) is 1.95. The van der Waals surface area contributed by atoms with E-state index in [9.17, 15) is 5.11 Å². The van der Waals surface area contributed by atoms with E-state index in [1.54, 1.807) is 0 Å². The van der Waals surface area contributed by atoms with Crippen LogP contribution in [0.4, 0.5) is 5.69 Å². The average molecular weight is 242 g/mol. The number of hydrogen-bond donors (Lipinski definition) is 1. The maximum absolute atomic E-state index is 9.28. The van der Waals surface area contributed by atoms with Gasteiger partial charge in [-0.3, -0.25) is 0 Å². The Kier molecular flexibility index (Phi) is 5.10. The monoisotopic (exact) mass is 241 g/mol. The lowest BCUT2D eigenvalue weighted by Gasteiger charge is -2.25. The Morgan fingerprint density at radius 2 is 2.12 bits per heavy atom. The topological polar surface area (TPSA) is 23.5 Å². The SMILES string of the molecule is CCC(C)CN(C)c1cc(Cl)ccc1CO. The molecule has 3 heteroatoms. The summed E-state index contributed by atoms with van der Waals surface area (Å²) in [5.74, 6) is 0.635. The molecule has 1 N–H and O–H groups in total. The predicted molar refractivity (Wildman–Crippen MR) is 70.1 cm³/mol. The van der Waals surface area contributed by atoms with Crippen LogP contribution in [0.25, 0.3) is 0 Å². The summed E-state index contributed by atoms with van der Waals surface area (Å²) in [7, 11) is 2.04. The van der Waals surface area contributed by atoms with Gasteiger partial charge in [0, 0.05) is 29.9 Å². The van der Waals surface area contributed by atoms with E-state index in [0.29, 0.717) is 10.9 Å². The van der Waals surface area contributed by atoms with Gasteiger partial charge in [0.1, 0.15) is 0 Å². The first kappa shape index (κ1) is 13.3. The normalized spacial score (nSPS) is 12.6. The number of benzene rings is 1. The van der Waals surface area contributed by atoms with Crippen molar-refractivity contribution in [1.82, 2.24) is 0 Å². The van der Waals surface area contributed by atoms with Gasteiger partial charge in [0.05, 0.1) is 6.61 Å². The lowest BCUT2D eigenvalue weighted by Crippen LogP contribution is -2.24. The van der Waals surface area contributed by atoms with Gasteiger partial charge in [-0.05, 0) is 18.1 Å². The summed E-state index contributed by atoms with van der Waals surface area (Å²) >= 11 is 5.98. The first-order valence-corrected chi connectivity index (χ1v) is 6.06. The molecule has 0 aromatic heterocycles. The van der Waals surface area contributed by atoms with E-state index < -0.39 is 0 Å². The van der Waals surface area contributed by atoms with E-state index in [2.05, 4.69) is 18.7 Å². The zero-order valence-corrected chi connectivity index (χ0v) is 11.0. The van der Waals surface area contributed by atoms with E-state index >= 15 is 0 Å². The molecule has 0 bridgehead atoms. The molecule has 1 unspecified atom stereocenters. The van der Waals surface area contributed by atoms with Crippen molar-refractivity contribution in [3.63, 3.8) is 0 Å². The maximum Gasteiger partial charge on any atom is 0.0702 e. The van der Waals surface area contributed by atoms with Gasteiger partial charge < -0.3 is 10.0 Å². The van der Waals surface area contributed by atoms with Crippen molar-refractivity contribution in [2.24, 2.45) is 5.92 Å². The molecule has 0 amide bonds. The number of nitrogens with zero attached hydrogens (tertiary/aromatic N) is 1. The average Bonchev–Trinajstić information content (AvgIpc) is 2.28. The summed E-state index contributed by atoms with van der Waals surface area (Å²) in [6, 6.07) is 5.61. The van der Waals surface area contributed by atoms with E-state index in [1.807, 2.05) is 25.2 Å². The Labute approximate surface area is 103 Å². The fourth-order valence-electron chi connectivity index (χ4n) is 1.72. The molecule has 0 spiro atoms. The highest BCUT2D eigenvalue weighted by Gasteiger charge is 2.10. The Bertz CT molecular complexity index is 341. The van der Waals surface area contributed by atoms with Gasteiger partial charge in [-0.15, -0.1) is 0 Å². The van der Waals surface area contributed by atoms with E-state index in [-0.39, 0.29) is 6.61 Å². The van der Waals surface area contributed by atoms with E-state index in [4.69, 9.17) is 11.6 Å². The van der Waals surface area contributed by atoms with Gasteiger partial charge in [0.25, 0.3) is 0 Å². The van der Waals surface area contributed by atoms with Gasteiger partial charge in [0.15, 0.2) is 0 Å². The Morgan fingerprint density at radius 3 is 2.69 bits per heavy atom. The standard InChI is InChI=1S/C13H20ClNO/c1-4-10(2)8-15(3)13-7-12(14)6-5-11(13)9-16/h5-7,10,16H,4,8-9H2,1-3H3. The second-order valence-electron chi connectivity index (χ2n) is 4.33. The van der Waals surface area contributed by atoms with Crippen molar-refractivity contribution in [3.8, 4) is 0 Å². The molecule has 1 aromatic rings. The van der Waals surface area contributed by atoms with Crippen LogP contribution in [-0.4, -0.2) is 18.7 Å². The summed E-state index contributed by atoms with van der Waals surface area (Å²) in [6.07, 6.45) is 1.15. The van der Waals surface area contributed by atoms with Crippen molar-refractivity contribution in [2.45, 2.75) is 26.9 Å². The third kappa shape index (κ3) is 3.39. The van der Waals surface area contributed by atoms with Crippen molar-refractivity contribution in [3.05, 3.63) is 28.8 Å². The number of aliphatic hydroxyl groups is 1. The minimum absolute atomic E-state index is 0.0529. The number of anilines is 1. The van der Waals surface area contributed by atoms with Crippen LogP contribution in [0.1, 0.15) is 25.8 Å². The molecule has 0 aliphatic carbocycles. The molecule has 0 fully saturated rings. The van der Waals surface area contributed by atoms with Crippen LogP contribution in [0.2, 0.25) is 5.02 Å². The lowest BCUT2D eigenvalue weighted by molar-refractivity contribution is 0.282. The first-order chi connectivity index (χ1) is 7.58. The number of halogens is 1. The molecule has 90 valence electrons. The fraction of sp³-hybridized carbons (Fsp3) is 0.538. The molecule has 1 aromatic carbocycles.